The number of aryl methyl sites for hydroxylation is 1. The zero-order valence-electron chi connectivity index (χ0n) is 17.1. The molecule has 0 saturated carbocycles. The predicted molar refractivity (Wildman–Crippen MR) is 115 cm³/mol. The molecule has 3 aromatic rings. The zero-order valence-corrected chi connectivity index (χ0v) is 17.9. The van der Waals surface area contributed by atoms with E-state index in [-0.39, 0.29) is 16.5 Å². The molecule has 1 N–H and O–H groups in total. The van der Waals surface area contributed by atoms with Gasteiger partial charge in [-0.1, -0.05) is 6.07 Å². The summed E-state index contributed by atoms with van der Waals surface area (Å²) in [6.45, 7) is 0.414. The minimum absolute atomic E-state index is 0.130. The molecular weight excluding hydrogens is 460 g/mol. The minimum atomic E-state index is -4.60. The molecule has 172 valence electrons. The number of nitrogens with zero attached hydrogens (tertiary/aromatic N) is 1. The fraction of sp³-hybridized carbons (Fsp3) is 0.174. The molecule has 0 spiro atoms. The number of sulfonamides is 1. The van der Waals surface area contributed by atoms with Gasteiger partial charge in [-0.2, -0.15) is 13.2 Å². The number of carbonyl (C=O) groups is 1. The highest BCUT2D eigenvalue weighted by Crippen LogP contribution is 2.33. The Labute approximate surface area is 187 Å². The Balaban J connectivity index is 1.61. The summed E-state index contributed by atoms with van der Waals surface area (Å²) in [6, 6.07) is 13.3. The Morgan fingerprint density at radius 2 is 1.70 bits per heavy atom. The van der Waals surface area contributed by atoms with Gasteiger partial charge in [0.1, 0.15) is 5.82 Å². The third kappa shape index (κ3) is 4.85. The van der Waals surface area contributed by atoms with Crippen molar-refractivity contribution < 1.29 is 30.8 Å². The Kier molecular flexibility index (Phi) is 5.87. The molecule has 33 heavy (non-hydrogen) atoms. The molecule has 5 nitrogen and oxygen atoms in total. The van der Waals surface area contributed by atoms with E-state index in [1.165, 1.54) is 53.4 Å². The van der Waals surface area contributed by atoms with Crippen LogP contribution in [0.15, 0.2) is 71.6 Å². The molecule has 1 aliphatic rings. The van der Waals surface area contributed by atoms with Gasteiger partial charge in [-0.3, -0.25) is 9.52 Å². The molecule has 0 aliphatic carbocycles. The lowest BCUT2D eigenvalue weighted by Crippen LogP contribution is -2.35. The first-order valence-corrected chi connectivity index (χ1v) is 11.4. The Hall–Kier alpha value is -3.40. The number of carbonyl (C=O) groups excluding carboxylic acids is 1. The van der Waals surface area contributed by atoms with Crippen LogP contribution in [0.25, 0.3) is 0 Å². The summed E-state index contributed by atoms with van der Waals surface area (Å²) >= 11 is 0. The first kappa shape index (κ1) is 22.8. The molecule has 3 aromatic carbocycles. The fourth-order valence-electron chi connectivity index (χ4n) is 3.67. The van der Waals surface area contributed by atoms with Crippen molar-refractivity contribution in [3.63, 3.8) is 0 Å². The number of alkyl halides is 3. The largest absolute Gasteiger partial charge is 0.416 e. The SMILES string of the molecule is O=C(c1ccc(F)cc1)N1CCCc2cc(S(=O)(=O)Nc3cccc(C(F)(F)F)c3)ccc21. The molecular formula is C23H18F4N2O3S. The van der Waals surface area contributed by atoms with Gasteiger partial charge in [0, 0.05) is 23.5 Å². The summed E-state index contributed by atoms with van der Waals surface area (Å²) in [5.41, 5.74) is 0.267. The van der Waals surface area contributed by atoms with Gasteiger partial charge in [-0.25, -0.2) is 12.8 Å². The second kappa shape index (κ2) is 8.51. The first-order chi connectivity index (χ1) is 15.5. The summed E-state index contributed by atoms with van der Waals surface area (Å²) in [4.78, 5) is 14.3. The van der Waals surface area contributed by atoms with Gasteiger partial charge in [0.05, 0.1) is 10.5 Å². The van der Waals surface area contributed by atoms with Gasteiger partial charge in [-0.15, -0.1) is 0 Å². The number of hydrogen-bond donors (Lipinski definition) is 1. The number of fused-ring (bicyclic) bond motifs is 1. The van der Waals surface area contributed by atoms with Gasteiger partial charge in [0.25, 0.3) is 15.9 Å². The van der Waals surface area contributed by atoms with Crippen LogP contribution in [0.2, 0.25) is 0 Å². The van der Waals surface area contributed by atoms with Gasteiger partial charge in [0.15, 0.2) is 0 Å². The van der Waals surface area contributed by atoms with Crippen LogP contribution < -0.4 is 9.62 Å². The lowest BCUT2D eigenvalue weighted by atomic mass is 10.0. The summed E-state index contributed by atoms with van der Waals surface area (Å²) < 4.78 is 79.8. The van der Waals surface area contributed by atoms with Crippen molar-refractivity contribution in [1.82, 2.24) is 0 Å². The van der Waals surface area contributed by atoms with Crippen LogP contribution in [0.5, 0.6) is 0 Å². The van der Waals surface area contributed by atoms with Crippen LogP contribution in [0.3, 0.4) is 0 Å². The van der Waals surface area contributed by atoms with Crippen molar-refractivity contribution >= 4 is 27.3 Å². The van der Waals surface area contributed by atoms with Gasteiger partial charge in [0.2, 0.25) is 0 Å². The van der Waals surface area contributed by atoms with Crippen molar-refractivity contribution in [3.8, 4) is 0 Å². The Morgan fingerprint density at radius 3 is 2.39 bits per heavy atom. The standard InChI is InChI=1S/C23H18F4N2O3S/c24-18-8-6-15(7-9-18)22(30)29-12-2-3-16-13-20(10-11-21(16)29)33(31,32)28-19-5-1-4-17(14-19)23(25,26)27/h1,4-11,13-14,28H,2-3,12H2. The second-order valence-electron chi connectivity index (χ2n) is 7.54. The van der Waals surface area contributed by atoms with E-state index < -0.39 is 27.6 Å². The third-order valence-electron chi connectivity index (χ3n) is 5.26. The van der Waals surface area contributed by atoms with Crippen LogP contribution in [0.4, 0.5) is 28.9 Å². The van der Waals surface area contributed by atoms with Crippen molar-refractivity contribution in [2.75, 3.05) is 16.2 Å². The third-order valence-corrected chi connectivity index (χ3v) is 6.64. The lowest BCUT2D eigenvalue weighted by molar-refractivity contribution is -0.137. The van der Waals surface area contributed by atoms with Crippen LogP contribution in [0.1, 0.15) is 27.9 Å². The Morgan fingerprint density at radius 1 is 0.970 bits per heavy atom. The molecule has 0 fully saturated rings. The van der Waals surface area contributed by atoms with Crippen molar-refractivity contribution in [2.45, 2.75) is 23.9 Å². The molecule has 0 unspecified atom stereocenters. The number of amides is 1. The molecule has 1 aliphatic heterocycles. The Bertz CT molecular complexity index is 1310. The van der Waals surface area contributed by atoms with Gasteiger partial charge in [-0.05, 0) is 79.1 Å². The number of rotatable bonds is 4. The van der Waals surface area contributed by atoms with Gasteiger partial charge >= 0.3 is 6.18 Å². The monoisotopic (exact) mass is 478 g/mol. The molecule has 1 heterocycles. The number of benzene rings is 3. The minimum Gasteiger partial charge on any atom is -0.308 e. The van der Waals surface area contributed by atoms with E-state index >= 15 is 0 Å². The fourth-order valence-corrected chi connectivity index (χ4v) is 4.77. The molecule has 1 amide bonds. The molecule has 0 radical (unpaired) electrons. The van der Waals surface area contributed by atoms with E-state index in [1.807, 2.05) is 0 Å². The number of anilines is 2. The number of hydrogen-bond acceptors (Lipinski definition) is 3. The van der Waals surface area contributed by atoms with Crippen LogP contribution in [0, 0.1) is 5.82 Å². The van der Waals surface area contributed by atoms with E-state index in [0.717, 1.165) is 18.2 Å². The van der Waals surface area contributed by atoms with E-state index in [4.69, 9.17) is 0 Å². The molecule has 0 saturated heterocycles. The van der Waals surface area contributed by atoms with Crippen LogP contribution in [-0.4, -0.2) is 20.9 Å². The summed E-state index contributed by atoms with van der Waals surface area (Å²) in [6.07, 6.45) is -3.49. The normalized spacial score (nSPS) is 14.0. The highest BCUT2D eigenvalue weighted by Gasteiger charge is 2.31. The summed E-state index contributed by atoms with van der Waals surface area (Å²) in [5.74, 6) is -0.803. The number of nitrogens with one attached hydrogen (secondary N) is 1. The van der Waals surface area contributed by atoms with Crippen molar-refractivity contribution in [3.05, 3.63) is 89.2 Å². The lowest BCUT2D eigenvalue weighted by Gasteiger charge is -2.30. The number of halogens is 4. The maximum atomic E-state index is 13.2. The second-order valence-corrected chi connectivity index (χ2v) is 9.22. The summed E-state index contributed by atoms with van der Waals surface area (Å²) in [7, 11) is -4.17. The predicted octanol–water partition coefficient (Wildman–Crippen LogP) is 5.24. The van der Waals surface area contributed by atoms with E-state index in [9.17, 15) is 30.8 Å². The highest BCUT2D eigenvalue weighted by molar-refractivity contribution is 7.92. The molecule has 0 aromatic heterocycles. The van der Waals surface area contributed by atoms with Gasteiger partial charge < -0.3 is 4.90 Å². The highest BCUT2D eigenvalue weighted by atomic mass is 32.2. The van der Waals surface area contributed by atoms with Crippen molar-refractivity contribution in [1.29, 1.82) is 0 Å². The van der Waals surface area contributed by atoms with E-state index in [1.54, 1.807) is 0 Å². The first-order valence-electron chi connectivity index (χ1n) is 9.95. The maximum Gasteiger partial charge on any atom is 0.416 e. The zero-order chi connectivity index (χ0) is 23.8. The smallest absolute Gasteiger partial charge is 0.308 e. The average Bonchev–Trinajstić information content (AvgIpc) is 2.77. The average molecular weight is 478 g/mol. The summed E-state index contributed by atoms with van der Waals surface area (Å²) in [5, 5.41) is 0. The molecule has 10 heteroatoms. The van der Waals surface area contributed by atoms with E-state index in [2.05, 4.69) is 4.72 Å². The van der Waals surface area contributed by atoms with Crippen molar-refractivity contribution in [2.24, 2.45) is 0 Å². The quantitative estimate of drug-likeness (QED) is 0.522. The van der Waals surface area contributed by atoms with E-state index in [0.29, 0.717) is 36.2 Å². The van der Waals surface area contributed by atoms with Crippen LogP contribution in [-0.2, 0) is 22.6 Å². The molecule has 0 bridgehead atoms. The molecule has 0 atom stereocenters. The van der Waals surface area contributed by atoms with Crippen LogP contribution >= 0.6 is 0 Å². The molecule has 4 rings (SSSR count). The maximum absolute atomic E-state index is 13.2. The topological polar surface area (TPSA) is 66.5 Å².